The van der Waals surface area contributed by atoms with Gasteiger partial charge in [0.2, 0.25) is 0 Å². The maximum absolute atomic E-state index is 6.53. The number of hydrogen-bond acceptors (Lipinski definition) is 5. The summed E-state index contributed by atoms with van der Waals surface area (Å²) in [5.74, 6) is 2.40. The van der Waals surface area contributed by atoms with E-state index in [4.69, 9.17) is 14.8 Å². The third-order valence-electron chi connectivity index (χ3n) is 8.69. The third kappa shape index (κ3) is 5.72. The van der Waals surface area contributed by atoms with Gasteiger partial charge < -0.3 is 4.74 Å². The van der Waals surface area contributed by atoms with Crippen molar-refractivity contribution < 1.29 is 4.74 Å². The summed E-state index contributed by atoms with van der Waals surface area (Å²) in [6.45, 7) is 11.1. The molecular formula is C40H38N4OS2. The first kappa shape index (κ1) is 31.2. The predicted octanol–water partition coefficient (Wildman–Crippen LogP) is 11.2. The highest BCUT2D eigenvalue weighted by Gasteiger charge is 2.19. The maximum atomic E-state index is 6.53. The van der Waals surface area contributed by atoms with Crippen LogP contribution >= 0.6 is 23.5 Å². The van der Waals surface area contributed by atoms with Crippen molar-refractivity contribution in [1.29, 1.82) is 0 Å². The Hall–Kier alpha value is -4.46. The van der Waals surface area contributed by atoms with Gasteiger partial charge >= 0.3 is 0 Å². The molecule has 0 radical (unpaired) electrons. The maximum Gasteiger partial charge on any atom is 0.137 e. The Morgan fingerprint density at radius 2 is 1.45 bits per heavy atom. The highest BCUT2D eigenvalue weighted by molar-refractivity contribution is 7.99. The average Bonchev–Trinajstić information content (AvgIpc) is 3.67. The Morgan fingerprint density at radius 1 is 0.723 bits per heavy atom. The number of aromatic nitrogens is 4. The fourth-order valence-corrected chi connectivity index (χ4v) is 8.10. The number of fused-ring (bicyclic) bond motifs is 3. The van der Waals surface area contributed by atoms with Crippen molar-refractivity contribution in [3.8, 4) is 34.1 Å². The molecule has 0 saturated heterocycles. The van der Waals surface area contributed by atoms with Crippen molar-refractivity contribution in [2.75, 3.05) is 12.5 Å². The lowest BCUT2D eigenvalue weighted by Crippen LogP contribution is -2.12. The fourth-order valence-electron chi connectivity index (χ4n) is 6.43. The largest absolute Gasteiger partial charge is 0.457 e. The second-order valence-electron chi connectivity index (χ2n) is 12.9. The summed E-state index contributed by atoms with van der Waals surface area (Å²) in [4.78, 5) is 7.41. The molecule has 0 aliphatic rings. The normalized spacial score (nSPS) is 11.9. The number of hydrogen-bond donors (Lipinski definition) is 0. The van der Waals surface area contributed by atoms with Crippen LogP contribution in [-0.2, 0) is 5.41 Å². The topological polar surface area (TPSA) is 44.9 Å². The predicted molar refractivity (Wildman–Crippen MR) is 199 cm³/mol. The molecule has 7 aromatic rings. The second-order valence-corrected chi connectivity index (χ2v) is 14.5. The number of benzene rings is 4. The van der Waals surface area contributed by atoms with Crippen LogP contribution in [0.2, 0.25) is 0 Å². The third-order valence-corrected chi connectivity index (χ3v) is 10.6. The molecule has 3 heterocycles. The molecule has 7 heteroatoms. The lowest BCUT2D eigenvalue weighted by atomic mass is 9.88. The van der Waals surface area contributed by atoms with Crippen LogP contribution in [0.4, 0.5) is 0 Å². The smallest absolute Gasteiger partial charge is 0.137 e. The molecule has 0 saturated carbocycles. The van der Waals surface area contributed by atoms with E-state index in [-0.39, 0.29) is 5.41 Å². The number of aryl methyl sites for hydroxylation is 2. The summed E-state index contributed by atoms with van der Waals surface area (Å²) in [7, 11) is 0. The van der Waals surface area contributed by atoms with E-state index in [9.17, 15) is 0 Å². The number of rotatable bonds is 7. The minimum absolute atomic E-state index is 0.0125. The van der Waals surface area contributed by atoms with Crippen LogP contribution < -0.4 is 4.74 Å². The molecule has 236 valence electrons. The van der Waals surface area contributed by atoms with Gasteiger partial charge in [-0.15, -0.1) is 23.5 Å². The van der Waals surface area contributed by atoms with Gasteiger partial charge in [-0.1, -0.05) is 51.1 Å². The lowest BCUT2D eigenvalue weighted by molar-refractivity contribution is 0.483. The molecule has 0 fully saturated rings. The van der Waals surface area contributed by atoms with Crippen LogP contribution in [0, 0.1) is 13.8 Å². The molecule has 7 rings (SSSR count). The van der Waals surface area contributed by atoms with E-state index >= 15 is 0 Å². The Bertz CT molecular complexity index is 2250. The Morgan fingerprint density at radius 3 is 2.19 bits per heavy atom. The Balaban J connectivity index is 1.26. The van der Waals surface area contributed by atoms with Crippen molar-refractivity contribution >= 4 is 45.3 Å². The fraction of sp³-hybridized carbons (Fsp3) is 0.200. The first-order valence-corrected chi connectivity index (χ1v) is 18.2. The van der Waals surface area contributed by atoms with Crippen molar-refractivity contribution in [2.45, 2.75) is 49.8 Å². The molecule has 3 aromatic heterocycles. The van der Waals surface area contributed by atoms with Crippen molar-refractivity contribution in [2.24, 2.45) is 0 Å². The molecule has 47 heavy (non-hydrogen) atoms. The van der Waals surface area contributed by atoms with E-state index in [2.05, 4.69) is 119 Å². The summed E-state index contributed by atoms with van der Waals surface area (Å²) in [5, 5.41) is 7.14. The molecule has 5 nitrogen and oxygen atoms in total. The summed E-state index contributed by atoms with van der Waals surface area (Å²) >= 11 is 3.58. The average molecular weight is 655 g/mol. The molecule has 4 aromatic carbocycles. The van der Waals surface area contributed by atoms with Gasteiger partial charge in [-0.05, 0) is 90.9 Å². The molecule has 0 spiro atoms. The number of nitrogens with zero attached hydrogens (tertiary/aromatic N) is 4. The van der Waals surface area contributed by atoms with Gasteiger partial charge in [0.25, 0.3) is 0 Å². The summed E-state index contributed by atoms with van der Waals surface area (Å²) < 4.78 is 10.7. The monoisotopic (exact) mass is 654 g/mol. The van der Waals surface area contributed by atoms with Crippen LogP contribution in [0.3, 0.4) is 0 Å². The minimum Gasteiger partial charge on any atom is -0.457 e. The zero-order valence-electron chi connectivity index (χ0n) is 27.8. The van der Waals surface area contributed by atoms with E-state index in [0.717, 1.165) is 45.0 Å². The van der Waals surface area contributed by atoms with Crippen LogP contribution in [0.5, 0.6) is 11.5 Å². The zero-order valence-corrected chi connectivity index (χ0v) is 29.5. The minimum atomic E-state index is 0.0125. The first-order valence-electron chi connectivity index (χ1n) is 15.7. The van der Waals surface area contributed by atoms with Crippen molar-refractivity contribution in [3.63, 3.8) is 0 Å². The summed E-state index contributed by atoms with van der Waals surface area (Å²) in [5.41, 5.74) is 9.31. The number of ether oxygens (including phenoxy) is 1. The second kappa shape index (κ2) is 12.3. The lowest BCUT2D eigenvalue weighted by Gasteiger charge is -2.20. The van der Waals surface area contributed by atoms with Crippen LogP contribution in [0.1, 0.15) is 37.5 Å². The van der Waals surface area contributed by atoms with Gasteiger partial charge in [-0.25, -0.2) is 9.67 Å². The van der Waals surface area contributed by atoms with Gasteiger partial charge in [0.1, 0.15) is 17.3 Å². The van der Waals surface area contributed by atoms with Crippen molar-refractivity contribution in [1.82, 2.24) is 19.3 Å². The highest BCUT2D eigenvalue weighted by atomic mass is 32.2. The van der Waals surface area contributed by atoms with Crippen LogP contribution in [-0.4, -0.2) is 31.8 Å². The van der Waals surface area contributed by atoms with Gasteiger partial charge in [-0.2, -0.15) is 5.10 Å². The van der Waals surface area contributed by atoms with Gasteiger partial charge in [0.05, 0.1) is 22.9 Å². The molecular weight excluding hydrogens is 617 g/mol. The molecule has 0 bridgehead atoms. The summed E-state index contributed by atoms with van der Waals surface area (Å²) in [6, 6.07) is 29.5. The molecule has 0 amide bonds. The van der Waals surface area contributed by atoms with Gasteiger partial charge in [0, 0.05) is 56.2 Å². The van der Waals surface area contributed by atoms with Crippen LogP contribution in [0.15, 0.2) is 113 Å². The summed E-state index contributed by atoms with van der Waals surface area (Å²) in [6.07, 6.45) is 10.3. The van der Waals surface area contributed by atoms with E-state index in [0.29, 0.717) is 0 Å². The zero-order chi connectivity index (χ0) is 32.9. The SMILES string of the molecule is CSc1c(C)cc(C)c(SC)c1-c1cnn(-c2cccc(Oc3ccc4c5ccccc5n(-c5cc(C(C)(C)C)ccn5)c4c3)c2)c1. The number of thioether (sulfide) groups is 2. The van der Waals surface area contributed by atoms with E-state index in [1.165, 1.54) is 37.4 Å². The Kier molecular flexibility index (Phi) is 8.14. The van der Waals surface area contributed by atoms with Crippen LogP contribution in [0.25, 0.3) is 44.4 Å². The van der Waals surface area contributed by atoms with Crippen molar-refractivity contribution in [3.05, 3.63) is 120 Å². The number of pyridine rings is 1. The van der Waals surface area contributed by atoms with E-state index in [1.807, 2.05) is 41.3 Å². The molecule has 0 aliphatic heterocycles. The van der Waals surface area contributed by atoms with Gasteiger partial charge in [0.15, 0.2) is 0 Å². The standard InChI is InChI=1S/C40H38N4OS2/c1-25-19-26(2)39(47-7)37(38(25)46-6)27-23-42-43(24-27)29-11-10-12-30(21-29)45-31-15-16-33-32-13-8-9-14-34(32)44(35(33)22-31)36-20-28(17-18-41-36)40(3,4)5/h8-24H,1-7H3. The first-order chi connectivity index (χ1) is 22.7. The molecule has 0 unspecified atom stereocenters. The van der Waals surface area contributed by atoms with E-state index < -0.39 is 0 Å². The Labute approximate surface area is 285 Å². The highest BCUT2D eigenvalue weighted by Crippen LogP contribution is 2.42. The number of para-hydroxylation sites is 1. The quantitative estimate of drug-likeness (QED) is 0.160. The van der Waals surface area contributed by atoms with E-state index in [1.54, 1.807) is 23.5 Å². The molecule has 0 atom stereocenters. The van der Waals surface area contributed by atoms with Gasteiger partial charge in [-0.3, -0.25) is 4.57 Å². The molecule has 0 aliphatic carbocycles. The molecule has 0 N–H and O–H groups in total.